The summed E-state index contributed by atoms with van der Waals surface area (Å²) in [5, 5.41) is 3.96. The highest BCUT2D eigenvalue weighted by atomic mass is 35.5. The Bertz CT molecular complexity index is 952. The van der Waals surface area contributed by atoms with Gasteiger partial charge in [-0.2, -0.15) is 11.8 Å². The standard InChI is InChI=1S/C20H23Cl2FN2O3S2/c1-3-19(25(30(2,27)28)15-9-7-14(23)8-10-15)20(26)24-11-12-29-13-16-17(21)5-4-6-18(16)22/h4-10,19H,3,11-13H2,1-2H3,(H,24,26)/t19-/m1/s1. The second-order valence-electron chi connectivity index (χ2n) is 6.50. The molecule has 0 radical (unpaired) electrons. The predicted molar refractivity (Wildman–Crippen MR) is 123 cm³/mol. The summed E-state index contributed by atoms with van der Waals surface area (Å²) in [5.74, 6) is 0.291. The van der Waals surface area contributed by atoms with Crippen molar-refractivity contribution in [1.29, 1.82) is 0 Å². The summed E-state index contributed by atoms with van der Waals surface area (Å²) >= 11 is 13.8. The fourth-order valence-corrected chi connectivity index (χ4v) is 5.66. The van der Waals surface area contributed by atoms with E-state index in [-0.39, 0.29) is 12.1 Å². The molecule has 1 atom stereocenters. The van der Waals surface area contributed by atoms with Crippen LogP contribution in [0.15, 0.2) is 42.5 Å². The van der Waals surface area contributed by atoms with Crippen LogP contribution < -0.4 is 9.62 Å². The largest absolute Gasteiger partial charge is 0.353 e. The molecule has 30 heavy (non-hydrogen) atoms. The Labute approximate surface area is 191 Å². The van der Waals surface area contributed by atoms with Crippen LogP contribution in [0, 0.1) is 5.82 Å². The molecule has 0 saturated heterocycles. The van der Waals surface area contributed by atoms with Crippen molar-refractivity contribution in [2.24, 2.45) is 0 Å². The number of halogens is 3. The quantitative estimate of drug-likeness (QED) is 0.487. The van der Waals surface area contributed by atoms with Crippen LogP contribution in [-0.2, 0) is 20.6 Å². The first-order chi connectivity index (χ1) is 14.1. The number of amides is 1. The van der Waals surface area contributed by atoms with E-state index in [0.29, 0.717) is 28.1 Å². The normalized spacial score (nSPS) is 12.4. The van der Waals surface area contributed by atoms with E-state index in [9.17, 15) is 17.6 Å². The molecule has 164 valence electrons. The van der Waals surface area contributed by atoms with Crippen molar-refractivity contribution < 1.29 is 17.6 Å². The highest BCUT2D eigenvalue weighted by Crippen LogP contribution is 2.28. The molecule has 0 aliphatic heterocycles. The van der Waals surface area contributed by atoms with Crippen molar-refractivity contribution in [2.45, 2.75) is 25.1 Å². The molecule has 2 rings (SSSR count). The first kappa shape index (κ1) is 24.8. The monoisotopic (exact) mass is 492 g/mol. The van der Waals surface area contributed by atoms with Crippen molar-refractivity contribution in [3.63, 3.8) is 0 Å². The summed E-state index contributed by atoms with van der Waals surface area (Å²) in [6, 6.07) is 9.39. The number of nitrogens with zero attached hydrogens (tertiary/aromatic N) is 1. The summed E-state index contributed by atoms with van der Waals surface area (Å²) < 4.78 is 38.9. The Morgan fingerprint density at radius 3 is 2.30 bits per heavy atom. The van der Waals surface area contributed by atoms with Gasteiger partial charge >= 0.3 is 0 Å². The maximum atomic E-state index is 13.2. The van der Waals surface area contributed by atoms with Crippen molar-refractivity contribution in [1.82, 2.24) is 5.32 Å². The molecule has 0 spiro atoms. The van der Waals surface area contributed by atoms with E-state index in [1.165, 1.54) is 12.1 Å². The van der Waals surface area contributed by atoms with Gasteiger partial charge in [0, 0.05) is 28.1 Å². The molecule has 0 fully saturated rings. The number of benzene rings is 2. The van der Waals surface area contributed by atoms with Gasteiger partial charge in [-0.1, -0.05) is 36.2 Å². The van der Waals surface area contributed by atoms with Crippen LogP contribution in [0.4, 0.5) is 10.1 Å². The number of sulfonamides is 1. The minimum absolute atomic E-state index is 0.239. The molecule has 1 N–H and O–H groups in total. The molecule has 0 aliphatic rings. The second-order valence-corrected chi connectivity index (χ2v) is 10.3. The van der Waals surface area contributed by atoms with Gasteiger partial charge in [0.2, 0.25) is 15.9 Å². The third-order valence-electron chi connectivity index (χ3n) is 4.26. The Morgan fingerprint density at radius 1 is 1.17 bits per heavy atom. The summed E-state index contributed by atoms with van der Waals surface area (Å²) in [4.78, 5) is 12.7. The summed E-state index contributed by atoms with van der Waals surface area (Å²) in [6.45, 7) is 2.07. The van der Waals surface area contributed by atoms with Crippen LogP contribution in [0.3, 0.4) is 0 Å². The average molecular weight is 493 g/mol. The van der Waals surface area contributed by atoms with Crippen LogP contribution in [0.5, 0.6) is 0 Å². The van der Waals surface area contributed by atoms with Crippen LogP contribution in [0.1, 0.15) is 18.9 Å². The maximum Gasteiger partial charge on any atom is 0.243 e. The van der Waals surface area contributed by atoms with Crippen LogP contribution in [-0.4, -0.2) is 38.9 Å². The molecule has 0 aromatic heterocycles. The topological polar surface area (TPSA) is 66.5 Å². The van der Waals surface area contributed by atoms with Gasteiger partial charge in [0.05, 0.1) is 11.9 Å². The molecule has 0 bridgehead atoms. The highest BCUT2D eigenvalue weighted by molar-refractivity contribution is 7.98. The van der Waals surface area contributed by atoms with Gasteiger partial charge in [-0.25, -0.2) is 12.8 Å². The molecule has 0 heterocycles. The van der Waals surface area contributed by atoms with E-state index < -0.39 is 27.8 Å². The summed E-state index contributed by atoms with van der Waals surface area (Å²) in [6.07, 6.45) is 1.29. The Hall–Kier alpha value is -1.48. The molecule has 2 aromatic rings. The van der Waals surface area contributed by atoms with Gasteiger partial charge in [-0.05, 0) is 48.4 Å². The number of rotatable bonds is 10. The van der Waals surface area contributed by atoms with E-state index in [1.54, 1.807) is 36.9 Å². The third-order valence-corrected chi connectivity index (χ3v) is 7.14. The van der Waals surface area contributed by atoms with Crippen LogP contribution >= 0.6 is 35.0 Å². The summed E-state index contributed by atoms with van der Waals surface area (Å²) in [5.41, 5.74) is 1.08. The summed E-state index contributed by atoms with van der Waals surface area (Å²) in [7, 11) is -3.75. The SMILES string of the molecule is CC[C@H](C(=O)NCCSCc1c(Cl)cccc1Cl)N(c1ccc(F)cc1)S(C)(=O)=O. The highest BCUT2D eigenvalue weighted by Gasteiger charge is 2.31. The van der Waals surface area contributed by atoms with Gasteiger partial charge in [-0.3, -0.25) is 9.10 Å². The molecule has 5 nitrogen and oxygen atoms in total. The second kappa shape index (κ2) is 11.2. The lowest BCUT2D eigenvalue weighted by Crippen LogP contribution is -2.49. The number of carbonyl (C=O) groups excluding carboxylic acids is 1. The zero-order chi connectivity index (χ0) is 22.3. The lowest BCUT2D eigenvalue weighted by molar-refractivity contribution is -0.122. The van der Waals surface area contributed by atoms with Crippen molar-refractivity contribution >= 4 is 56.6 Å². The van der Waals surface area contributed by atoms with Crippen molar-refractivity contribution in [2.75, 3.05) is 22.9 Å². The van der Waals surface area contributed by atoms with Gasteiger partial charge in [-0.15, -0.1) is 0 Å². The zero-order valence-corrected chi connectivity index (χ0v) is 19.7. The van der Waals surface area contributed by atoms with Crippen molar-refractivity contribution in [3.8, 4) is 0 Å². The first-order valence-corrected chi connectivity index (χ1v) is 12.9. The van der Waals surface area contributed by atoms with E-state index >= 15 is 0 Å². The van der Waals surface area contributed by atoms with Gasteiger partial charge in [0.1, 0.15) is 11.9 Å². The third kappa shape index (κ3) is 6.77. The molecule has 0 aliphatic carbocycles. The van der Waals surface area contributed by atoms with E-state index in [2.05, 4.69) is 5.32 Å². The van der Waals surface area contributed by atoms with Gasteiger partial charge in [0.25, 0.3) is 0 Å². The molecule has 10 heteroatoms. The number of thioether (sulfide) groups is 1. The Morgan fingerprint density at radius 2 is 1.77 bits per heavy atom. The minimum atomic E-state index is -3.75. The maximum absolute atomic E-state index is 13.2. The van der Waals surface area contributed by atoms with E-state index in [0.717, 1.165) is 28.3 Å². The Balaban J connectivity index is 1.98. The number of carbonyl (C=O) groups is 1. The van der Waals surface area contributed by atoms with E-state index in [4.69, 9.17) is 23.2 Å². The first-order valence-electron chi connectivity index (χ1n) is 9.18. The van der Waals surface area contributed by atoms with Gasteiger partial charge < -0.3 is 5.32 Å². The number of hydrogen-bond acceptors (Lipinski definition) is 4. The predicted octanol–water partition coefficient (Wildman–Crippen LogP) is 4.73. The minimum Gasteiger partial charge on any atom is -0.353 e. The average Bonchev–Trinajstić information content (AvgIpc) is 2.67. The molecule has 1 amide bonds. The lowest BCUT2D eigenvalue weighted by Gasteiger charge is -2.30. The van der Waals surface area contributed by atoms with Crippen LogP contribution in [0.25, 0.3) is 0 Å². The smallest absolute Gasteiger partial charge is 0.243 e. The fourth-order valence-electron chi connectivity index (χ4n) is 2.86. The van der Waals surface area contributed by atoms with Crippen LogP contribution in [0.2, 0.25) is 10.0 Å². The fraction of sp³-hybridized carbons (Fsp3) is 0.350. The van der Waals surface area contributed by atoms with Gasteiger partial charge in [0.15, 0.2) is 0 Å². The van der Waals surface area contributed by atoms with Crippen molar-refractivity contribution in [3.05, 3.63) is 63.9 Å². The number of anilines is 1. The molecular weight excluding hydrogens is 470 g/mol. The molecule has 0 unspecified atom stereocenters. The van der Waals surface area contributed by atoms with E-state index in [1.807, 2.05) is 0 Å². The molecule has 0 saturated carbocycles. The number of hydrogen-bond donors (Lipinski definition) is 1. The Kier molecular flexibility index (Phi) is 9.28. The zero-order valence-electron chi connectivity index (χ0n) is 16.6. The lowest BCUT2D eigenvalue weighted by atomic mass is 10.2. The number of nitrogens with one attached hydrogen (secondary N) is 1. The molecule has 2 aromatic carbocycles. The molecular formula is C20H23Cl2FN2O3S2.